The van der Waals surface area contributed by atoms with Crippen LogP contribution in [0.25, 0.3) is 11.4 Å². The van der Waals surface area contributed by atoms with Gasteiger partial charge in [0, 0.05) is 11.6 Å². The van der Waals surface area contributed by atoms with Gasteiger partial charge in [0.25, 0.3) is 0 Å². The lowest BCUT2D eigenvalue weighted by Gasteiger charge is -2.07. The van der Waals surface area contributed by atoms with Crippen molar-refractivity contribution in [1.82, 2.24) is 9.97 Å². The third-order valence-electron chi connectivity index (χ3n) is 3.16. The number of benzene rings is 1. The summed E-state index contributed by atoms with van der Waals surface area (Å²) < 4.78 is 18.3. The van der Waals surface area contributed by atoms with Crippen LogP contribution >= 0.6 is 22.9 Å². The van der Waals surface area contributed by atoms with Crippen LogP contribution in [0, 0.1) is 5.82 Å². The minimum atomic E-state index is -0.442. The maximum absolute atomic E-state index is 13.0. The number of carbonyl (C=O) groups excluding carboxylic acids is 1. The van der Waals surface area contributed by atoms with E-state index < -0.39 is 5.82 Å². The van der Waals surface area contributed by atoms with Gasteiger partial charge in [0.1, 0.15) is 17.3 Å². The van der Waals surface area contributed by atoms with Crippen LogP contribution in [0.1, 0.15) is 6.42 Å². The van der Waals surface area contributed by atoms with Crippen molar-refractivity contribution < 1.29 is 13.9 Å². The number of carbonyl (C=O) groups is 1. The average Bonchev–Trinajstić information content (AvgIpc) is 3.06. The van der Waals surface area contributed by atoms with Crippen LogP contribution in [0.5, 0.6) is 5.75 Å². The molecule has 1 aromatic carbocycles. The first kappa shape index (κ1) is 17.3. The molecule has 0 fully saturated rings. The molecule has 2 aromatic heterocycles. The highest BCUT2D eigenvalue weighted by Gasteiger charge is 2.10. The van der Waals surface area contributed by atoms with Crippen LogP contribution in [-0.4, -0.2) is 22.5 Å². The van der Waals surface area contributed by atoms with Crippen LogP contribution in [0.3, 0.4) is 0 Å². The molecule has 0 unspecified atom stereocenters. The summed E-state index contributed by atoms with van der Waals surface area (Å²) in [6.07, 6.45) is 1.80. The number of hydrogen-bond donors (Lipinski definition) is 1. The van der Waals surface area contributed by atoms with E-state index in [0.29, 0.717) is 16.6 Å². The molecule has 2 heterocycles. The van der Waals surface area contributed by atoms with Gasteiger partial charge in [-0.1, -0.05) is 17.7 Å². The Morgan fingerprint density at radius 2 is 2.16 bits per heavy atom. The molecule has 0 aliphatic heterocycles. The first-order chi connectivity index (χ1) is 12.1. The van der Waals surface area contributed by atoms with Crippen LogP contribution in [0.2, 0.25) is 5.02 Å². The molecule has 0 radical (unpaired) electrons. The van der Waals surface area contributed by atoms with E-state index >= 15 is 0 Å². The Morgan fingerprint density at radius 1 is 1.28 bits per heavy atom. The van der Waals surface area contributed by atoms with Gasteiger partial charge in [-0.15, -0.1) is 11.3 Å². The van der Waals surface area contributed by atoms with E-state index in [1.807, 2.05) is 23.6 Å². The fourth-order valence-electron chi connectivity index (χ4n) is 1.99. The van der Waals surface area contributed by atoms with Gasteiger partial charge >= 0.3 is 0 Å². The Morgan fingerprint density at radius 3 is 2.92 bits per heavy atom. The summed E-state index contributed by atoms with van der Waals surface area (Å²) in [6.45, 7) is 0.121. The van der Waals surface area contributed by atoms with Gasteiger partial charge in [-0.05, 0) is 30.3 Å². The molecule has 0 bridgehead atoms. The van der Waals surface area contributed by atoms with E-state index in [2.05, 4.69) is 15.3 Å². The molecule has 8 heteroatoms. The molecule has 0 atom stereocenters. The van der Waals surface area contributed by atoms with Crippen molar-refractivity contribution in [3.63, 3.8) is 0 Å². The number of aromatic nitrogens is 2. The van der Waals surface area contributed by atoms with E-state index in [1.54, 1.807) is 6.20 Å². The van der Waals surface area contributed by atoms with Crippen molar-refractivity contribution in [3.8, 4) is 17.1 Å². The molecule has 3 aromatic rings. The predicted molar refractivity (Wildman–Crippen MR) is 95.5 cm³/mol. The SMILES string of the molecule is O=C(CCOc1ccc(F)cc1Cl)Nc1nc(-c2ccccn2)cs1. The molecule has 25 heavy (non-hydrogen) atoms. The van der Waals surface area contributed by atoms with Crippen molar-refractivity contribution in [1.29, 1.82) is 0 Å². The van der Waals surface area contributed by atoms with E-state index in [-0.39, 0.29) is 24.0 Å². The summed E-state index contributed by atoms with van der Waals surface area (Å²) in [5.74, 6) is -0.342. The average molecular weight is 378 g/mol. The summed E-state index contributed by atoms with van der Waals surface area (Å²) in [7, 11) is 0. The molecule has 0 aliphatic rings. The summed E-state index contributed by atoms with van der Waals surface area (Å²) in [4.78, 5) is 20.5. The Balaban J connectivity index is 1.50. The molecule has 128 valence electrons. The number of nitrogens with one attached hydrogen (secondary N) is 1. The first-order valence-corrected chi connectivity index (χ1v) is 8.62. The van der Waals surface area contributed by atoms with Gasteiger partial charge in [0.15, 0.2) is 5.13 Å². The zero-order chi connectivity index (χ0) is 17.6. The largest absolute Gasteiger partial charge is 0.491 e. The molecule has 0 aliphatic carbocycles. The van der Waals surface area contributed by atoms with Crippen molar-refractivity contribution >= 4 is 34.0 Å². The second-order valence-corrected chi connectivity index (χ2v) is 6.24. The highest BCUT2D eigenvalue weighted by Crippen LogP contribution is 2.25. The second-order valence-electron chi connectivity index (χ2n) is 4.97. The molecule has 5 nitrogen and oxygen atoms in total. The number of thiazole rings is 1. The number of pyridine rings is 1. The predicted octanol–water partition coefficient (Wildman–Crippen LogP) is 4.41. The lowest BCUT2D eigenvalue weighted by molar-refractivity contribution is -0.116. The molecule has 0 saturated carbocycles. The number of rotatable bonds is 6. The Labute approximate surface area is 152 Å². The number of ether oxygens (including phenoxy) is 1. The van der Waals surface area contributed by atoms with E-state index in [4.69, 9.17) is 16.3 Å². The Bertz CT molecular complexity index is 873. The molecular weight excluding hydrogens is 365 g/mol. The normalized spacial score (nSPS) is 10.5. The smallest absolute Gasteiger partial charge is 0.229 e. The highest BCUT2D eigenvalue weighted by molar-refractivity contribution is 7.14. The lowest BCUT2D eigenvalue weighted by Crippen LogP contribution is -2.15. The van der Waals surface area contributed by atoms with Crippen LogP contribution in [0.4, 0.5) is 9.52 Å². The van der Waals surface area contributed by atoms with Crippen LogP contribution in [-0.2, 0) is 4.79 Å². The Hall–Kier alpha value is -2.51. The van der Waals surface area contributed by atoms with E-state index in [1.165, 1.54) is 23.5 Å². The molecule has 1 N–H and O–H groups in total. The number of anilines is 1. The third kappa shape index (κ3) is 4.74. The monoisotopic (exact) mass is 377 g/mol. The van der Waals surface area contributed by atoms with Gasteiger partial charge in [-0.3, -0.25) is 9.78 Å². The van der Waals surface area contributed by atoms with Crippen molar-refractivity contribution in [2.45, 2.75) is 6.42 Å². The number of amides is 1. The van der Waals surface area contributed by atoms with Gasteiger partial charge in [0.05, 0.1) is 23.7 Å². The molecule has 0 spiro atoms. The zero-order valence-electron chi connectivity index (χ0n) is 12.9. The molecule has 0 saturated heterocycles. The van der Waals surface area contributed by atoms with Crippen LogP contribution in [0.15, 0.2) is 48.0 Å². The summed E-state index contributed by atoms with van der Waals surface area (Å²) in [5, 5.41) is 5.19. The maximum atomic E-state index is 13.0. The fourth-order valence-corrected chi connectivity index (χ4v) is 2.93. The first-order valence-electron chi connectivity index (χ1n) is 7.36. The number of nitrogens with zero attached hydrogens (tertiary/aromatic N) is 2. The summed E-state index contributed by atoms with van der Waals surface area (Å²) >= 11 is 7.18. The van der Waals surface area contributed by atoms with Gasteiger partial charge in [-0.25, -0.2) is 9.37 Å². The van der Waals surface area contributed by atoms with Crippen molar-refractivity contribution in [3.05, 3.63) is 58.8 Å². The number of hydrogen-bond acceptors (Lipinski definition) is 5. The third-order valence-corrected chi connectivity index (χ3v) is 4.21. The van der Waals surface area contributed by atoms with Gasteiger partial charge in [0.2, 0.25) is 5.91 Å². The summed E-state index contributed by atoms with van der Waals surface area (Å²) in [5.41, 5.74) is 1.45. The maximum Gasteiger partial charge on any atom is 0.229 e. The van der Waals surface area contributed by atoms with E-state index in [0.717, 1.165) is 11.8 Å². The molecule has 1 amide bonds. The molecular formula is C17H13ClFN3O2S. The highest BCUT2D eigenvalue weighted by atomic mass is 35.5. The number of halogens is 2. The fraction of sp³-hybridized carbons (Fsp3) is 0.118. The minimum absolute atomic E-state index is 0.117. The van der Waals surface area contributed by atoms with Gasteiger partial charge in [-0.2, -0.15) is 0 Å². The lowest BCUT2D eigenvalue weighted by atomic mass is 10.3. The summed E-state index contributed by atoms with van der Waals surface area (Å²) in [6, 6.07) is 9.38. The van der Waals surface area contributed by atoms with Crippen molar-refractivity contribution in [2.24, 2.45) is 0 Å². The van der Waals surface area contributed by atoms with Crippen LogP contribution < -0.4 is 10.1 Å². The van der Waals surface area contributed by atoms with Crippen molar-refractivity contribution in [2.75, 3.05) is 11.9 Å². The van der Waals surface area contributed by atoms with E-state index in [9.17, 15) is 9.18 Å². The Kier molecular flexibility index (Phi) is 5.57. The molecule has 3 rings (SSSR count). The quantitative estimate of drug-likeness (QED) is 0.691. The minimum Gasteiger partial charge on any atom is -0.491 e. The van der Waals surface area contributed by atoms with Gasteiger partial charge < -0.3 is 10.1 Å². The standard InChI is InChI=1S/C17H13ClFN3O2S/c18-12-9-11(19)4-5-15(12)24-8-6-16(23)22-17-21-14(10-25-17)13-3-1-2-7-20-13/h1-5,7,9-10H,6,8H2,(H,21,22,23). The topological polar surface area (TPSA) is 64.1 Å². The second kappa shape index (κ2) is 8.04. The zero-order valence-corrected chi connectivity index (χ0v) is 14.5.